The molecule has 0 radical (unpaired) electrons. The van der Waals surface area contributed by atoms with Crippen molar-refractivity contribution in [2.24, 2.45) is 13.0 Å². The molecule has 0 N–H and O–H groups in total. The summed E-state index contributed by atoms with van der Waals surface area (Å²) in [7, 11) is 3.35. The summed E-state index contributed by atoms with van der Waals surface area (Å²) >= 11 is 0. The van der Waals surface area contributed by atoms with E-state index in [1.807, 2.05) is 30.3 Å². The number of likely N-dealkylation sites (tertiary alicyclic amines) is 1. The number of piperidine rings is 1. The molecule has 1 aliphatic carbocycles. The van der Waals surface area contributed by atoms with Crippen molar-refractivity contribution in [3.63, 3.8) is 0 Å². The fourth-order valence-corrected chi connectivity index (χ4v) is 5.42. The topological polar surface area (TPSA) is 73.5 Å². The van der Waals surface area contributed by atoms with Crippen molar-refractivity contribution in [2.45, 2.75) is 57.5 Å². The second kappa shape index (κ2) is 8.78. The van der Waals surface area contributed by atoms with Crippen LogP contribution in [-0.4, -0.2) is 33.0 Å². The molecule has 2 aliphatic rings. The zero-order chi connectivity index (χ0) is 24.0. The summed E-state index contributed by atoms with van der Waals surface area (Å²) in [5, 5.41) is 0. The lowest BCUT2D eigenvalue weighted by Gasteiger charge is -2.35. The number of aromatic nitrogens is 2. The Hall–Kier alpha value is -3.35. The molecule has 2 heterocycles. The average molecular weight is 462 g/mol. The molecule has 0 spiro atoms. The van der Waals surface area contributed by atoms with Crippen molar-refractivity contribution in [1.82, 2.24) is 14.0 Å². The molecule has 1 aliphatic heterocycles. The normalized spacial score (nSPS) is 22.8. The highest BCUT2D eigenvalue weighted by atomic mass is 16.5. The van der Waals surface area contributed by atoms with Crippen LogP contribution in [0.4, 0.5) is 0 Å². The lowest BCUT2D eigenvalue weighted by molar-refractivity contribution is -0.151. The first kappa shape index (κ1) is 22.4. The van der Waals surface area contributed by atoms with E-state index >= 15 is 0 Å². The highest BCUT2D eigenvalue weighted by molar-refractivity contribution is 6.00. The summed E-state index contributed by atoms with van der Waals surface area (Å²) in [4.78, 5) is 40.7. The molecule has 1 saturated heterocycles. The lowest BCUT2D eigenvalue weighted by Crippen LogP contribution is -2.47. The number of carbonyl (C=O) groups is 2. The SMILES string of the molecule is CC[C@H]1C[C@@H](c2ccc3c(c2)n(C)c(=O)n3C2CCC(=O)N(Cc3ccc(OC)cc3)C2=O)C1. The molecule has 3 aromatic rings. The molecule has 34 heavy (non-hydrogen) atoms. The van der Waals surface area contributed by atoms with Gasteiger partial charge in [0, 0.05) is 13.5 Å². The van der Waals surface area contributed by atoms with Crippen LogP contribution < -0.4 is 10.4 Å². The number of hydrogen-bond acceptors (Lipinski definition) is 4. The van der Waals surface area contributed by atoms with Gasteiger partial charge in [0.15, 0.2) is 0 Å². The number of hydrogen-bond donors (Lipinski definition) is 0. The van der Waals surface area contributed by atoms with Gasteiger partial charge in [-0.25, -0.2) is 4.79 Å². The van der Waals surface area contributed by atoms with Crippen molar-refractivity contribution in [3.8, 4) is 5.75 Å². The summed E-state index contributed by atoms with van der Waals surface area (Å²) in [5.74, 6) is 1.52. The molecule has 7 nitrogen and oxygen atoms in total. The van der Waals surface area contributed by atoms with E-state index in [2.05, 4.69) is 19.1 Å². The fourth-order valence-electron chi connectivity index (χ4n) is 5.42. The summed E-state index contributed by atoms with van der Waals surface area (Å²) in [6, 6.07) is 12.8. The van der Waals surface area contributed by atoms with E-state index in [-0.39, 0.29) is 30.5 Å². The Morgan fingerprint density at radius 2 is 1.74 bits per heavy atom. The second-order valence-electron chi connectivity index (χ2n) is 9.62. The van der Waals surface area contributed by atoms with E-state index in [1.54, 1.807) is 23.3 Å². The maximum absolute atomic E-state index is 13.5. The molecular weight excluding hydrogens is 430 g/mol. The summed E-state index contributed by atoms with van der Waals surface area (Å²) in [6.45, 7) is 2.42. The molecular formula is C27H31N3O4. The molecule has 0 bridgehead atoms. The van der Waals surface area contributed by atoms with Crippen LogP contribution in [0.25, 0.3) is 11.0 Å². The minimum atomic E-state index is -0.689. The highest BCUT2D eigenvalue weighted by Gasteiger charge is 2.37. The van der Waals surface area contributed by atoms with Crippen LogP contribution in [0.3, 0.4) is 0 Å². The number of imide groups is 1. The van der Waals surface area contributed by atoms with Crippen molar-refractivity contribution >= 4 is 22.8 Å². The van der Waals surface area contributed by atoms with Crippen LogP contribution in [0, 0.1) is 5.92 Å². The van der Waals surface area contributed by atoms with Gasteiger partial charge in [-0.1, -0.05) is 31.5 Å². The zero-order valence-corrected chi connectivity index (χ0v) is 20.0. The minimum Gasteiger partial charge on any atom is -0.497 e. The van der Waals surface area contributed by atoms with Gasteiger partial charge in [-0.05, 0) is 66.5 Å². The van der Waals surface area contributed by atoms with E-state index in [1.165, 1.54) is 29.7 Å². The molecule has 1 atom stereocenters. The summed E-state index contributed by atoms with van der Waals surface area (Å²) in [6.07, 6.45) is 4.16. The van der Waals surface area contributed by atoms with Gasteiger partial charge in [0.05, 0.1) is 24.7 Å². The van der Waals surface area contributed by atoms with Gasteiger partial charge in [0.1, 0.15) is 11.8 Å². The first-order valence-electron chi connectivity index (χ1n) is 12.1. The molecule has 2 fully saturated rings. The number of amides is 2. The molecule has 1 saturated carbocycles. The number of ether oxygens (including phenoxy) is 1. The Kier molecular flexibility index (Phi) is 5.80. The molecule has 2 amide bonds. The molecule has 2 aromatic carbocycles. The van der Waals surface area contributed by atoms with E-state index in [4.69, 9.17) is 4.74 Å². The minimum absolute atomic E-state index is 0.183. The molecule has 5 rings (SSSR count). The van der Waals surface area contributed by atoms with Gasteiger partial charge in [0.25, 0.3) is 5.91 Å². The van der Waals surface area contributed by atoms with Gasteiger partial charge >= 0.3 is 5.69 Å². The van der Waals surface area contributed by atoms with Crippen LogP contribution in [0.2, 0.25) is 0 Å². The summed E-state index contributed by atoms with van der Waals surface area (Å²) < 4.78 is 8.41. The zero-order valence-electron chi connectivity index (χ0n) is 20.0. The Morgan fingerprint density at radius 3 is 2.41 bits per heavy atom. The first-order chi connectivity index (χ1) is 16.4. The Balaban J connectivity index is 1.45. The highest BCUT2D eigenvalue weighted by Crippen LogP contribution is 2.43. The monoisotopic (exact) mass is 461 g/mol. The van der Waals surface area contributed by atoms with Crippen molar-refractivity contribution in [2.75, 3.05) is 7.11 Å². The number of imidazole rings is 1. The van der Waals surface area contributed by atoms with Crippen LogP contribution in [-0.2, 0) is 23.2 Å². The molecule has 1 unspecified atom stereocenters. The van der Waals surface area contributed by atoms with E-state index < -0.39 is 6.04 Å². The second-order valence-corrected chi connectivity index (χ2v) is 9.62. The fraction of sp³-hybridized carbons (Fsp3) is 0.444. The first-order valence-corrected chi connectivity index (χ1v) is 12.1. The van der Waals surface area contributed by atoms with Crippen LogP contribution in [0.15, 0.2) is 47.3 Å². The molecule has 178 valence electrons. The van der Waals surface area contributed by atoms with Crippen molar-refractivity contribution in [1.29, 1.82) is 0 Å². The number of fused-ring (bicyclic) bond motifs is 1. The third-order valence-corrected chi connectivity index (χ3v) is 7.69. The number of rotatable bonds is 6. The lowest BCUT2D eigenvalue weighted by atomic mass is 9.70. The number of aryl methyl sites for hydroxylation is 1. The smallest absolute Gasteiger partial charge is 0.329 e. The number of benzene rings is 2. The molecule has 7 heteroatoms. The Bertz CT molecular complexity index is 1300. The van der Waals surface area contributed by atoms with Gasteiger partial charge in [-0.2, -0.15) is 0 Å². The van der Waals surface area contributed by atoms with Gasteiger partial charge in [0.2, 0.25) is 5.91 Å². The summed E-state index contributed by atoms with van der Waals surface area (Å²) in [5.41, 5.74) is 3.47. The maximum atomic E-state index is 13.5. The average Bonchev–Trinajstić information content (AvgIpc) is 3.06. The van der Waals surface area contributed by atoms with E-state index in [0.29, 0.717) is 18.1 Å². The van der Waals surface area contributed by atoms with Crippen molar-refractivity contribution < 1.29 is 14.3 Å². The predicted octanol–water partition coefficient (Wildman–Crippen LogP) is 4.14. The maximum Gasteiger partial charge on any atom is 0.329 e. The van der Waals surface area contributed by atoms with Crippen LogP contribution in [0.1, 0.15) is 62.1 Å². The van der Waals surface area contributed by atoms with Crippen molar-refractivity contribution in [3.05, 3.63) is 64.1 Å². The predicted molar refractivity (Wildman–Crippen MR) is 130 cm³/mol. The van der Waals surface area contributed by atoms with Crippen LogP contribution in [0.5, 0.6) is 5.75 Å². The van der Waals surface area contributed by atoms with E-state index in [9.17, 15) is 14.4 Å². The van der Waals surface area contributed by atoms with Gasteiger partial charge in [-0.15, -0.1) is 0 Å². The third kappa shape index (κ3) is 3.73. The van der Waals surface area contributed by atoms with Crippen LogP contribution >= 0.6 is 0 Å². The number of nitrogens with zero attached hydrogens (tertiary/aromatic N) is 3. The number of methoxy groups -OCH3 is 1. The quantitative estimate of drug-likeness (QED) is 0.517. The number of carbonyl (C=O) groups excluding carboxylic acids is 2. The Labute approximate surface area is 198 Å². The molecule has 1 aromatic heterocycles. The Morgan fingerprint density at radius 1 is 1.00 bits per heavy atom. The third-order valence-electron chi connectivity index (χ3n) is 7.69. The van der Waals surface area contributed by atoms with Gasteiger partial charge < -0.3 is 4.74 Å². The van der Waals surface area contributed by atoms with Gasteiger partial charge in [-0.3, -0.25) is 23.6 Å². The largest absolute Gasteiger partial charge is 0.497 e. The van der Waals surface area contributed by atoms with E-state index in [0.717, 1.165) is 22.5 Å². The standard InChI is InChI=1S/C27H31N3O4/c1-4-17-13-20(14-17)19-7-10-22-24(15-19)28(2)27(33)30(22)23-11-12-25(31)29(26(23)32)16-18-5-8-21(34-3)9-6-18/h5-10,15,17,20,23H,4,11-14,16H2,1-3H3/t17-,20+,23?.